The van der Waals surface area contributed by atoms with Crippen LogP contribution in [0, 0.1) is 0 Å². The number of hydrogen-bond donors (Lipinski definition) is 1. The van der Waals surface area contributed by atoms with Crippen LogP contribution in [0.1, 0.15) is 26.7 Å². The lowest BCUT2D eigenvalue weighted by Gasteiger charge is -2.15. The van der Waals surface area contributed by atoms with Crippen molar-refractivity contribution in [1.82, 2.24) is 0 Å². The number of benzene rings is 1. The number of hydrogen-bond acceptors (Lipinski definition) is 2. The van der Waals surface area contributed by atoms with Crippen LogP contribution in [0.25, 0.3) is 0 Å². The van der Waals surface area contributed by atoms with Crippen LogP contribution in [-0.2, 0) is 0 Å². The molecular weight excluding hydrogens is 242 g/mol. The number of rotatable bonds is 4. The molecule has 78 valence electrons. The molecule has 2 nitrogen and oxygen atoms in total. The van der Waals surface area contributed by atoms with Crippen LogP contribution in [0.5, 0.6) is 5.75 Å². The van der Waals surface area contributed by atoms with E-state index in [9.17, 15) is 0 Å². The summed E-state index contributed by atoms with van der Waals surface area (Å²) in [5.74, 6) is 0.825. The minimum Gasteiger partial charge on any atom is -0.489 e. The molecule has 0 fully saturated rings. The van der Waals surface area contributed by atoms with Gasteiger partial charge >= 0.3 is 0 Å². The van der Waals surface area contributed by atoms with E-state index >= 15 is 0 Å². The lowest BCUT2D eigenvalue weighted by molar-refractivity contribution is 0.208. The van der Waals surface area contributed by atoms with E-state index in [1.165, 1.54) is 0 Å². The Morgan fingerprint density at radius 1 is 1.50 bits per heavy atom. The summed E-state index contributed by atoms with van der Waals surface area (Å²) in [5.41, 5.74) is 6.40. The van der Waals surface area contributed by atoms with Crippen molar-refractivity contribution >= 4 is 21.6 Å². The summed E-state index contributed by atoms with van der Waals surface area (Å²) >= 11 is 3.43. The maximum absolute atomic E-state index is 5.74. The van der Waals surface area contributed by atoms with Gasteiger partial charge in [0.25, 0.3) is 0 Å². The fourth-order valence-corrected chi connectivity index (χ4v) is 1.63. The highest BCUT2D eigenvalue weighted by molar-refractivity contribution is 9.10. The van der Waals surface area contributed by atoms with E-state index < -0.39 is 0 Å². The van der Waals surface area contributed by atoms with E-state index in [1.54, 1.807) is 0 Å². The van der Waals surface area contributed by atoms with Gasteiger partial charge in [0, 0.05) is 11.8 Å². The summed E-state index contributed by atoms with van der Waals surface area (Å²) in [6, 6.07) is 5.60. The first-order valence-electron chi connectivity index (χ1n) is 4.85. The van der Waals surface area contributed by atoms with Gasteiger partial charge in [-0.2, -0.15) is 0 Å². The summed E-state index contributed by atoms with van der Waals surface area (Å²) in [7, 11) is 0. The van der Waals surface area contributed by atoms with Gasteiger partial charge in [-0.05, 0) is 41.4 Å². The zero-order chi connectivity index (χ0) is 10.6. The molecule has 1 unspecified atom stereocenters. The average molecular weight is 258 g/mol. The molecule has 0 saturated heterocycles. The Kier molecular flexibility index (Phi) is 4.26. The molecule has 0 saturated carbocycles. The van der Waals surface area contributed by atoms with Gasteiger partial charge in [0.1, 0.15) is 5.75 Å². The van der Waals surface area contributed by atoms with Gasteiger partial charge in [-0.3, -0.25) is 0 Å². The van der Waals surface area contributed by atoms with Crippen LogP contribution >= 0.6 is 15.9 Å². The topological polar surface area (TPSA) is 35.2 Å². The molecule has 3 heteroatoms. The van der Waals surface area contributed by atoms with Crippen molar-refractivity contribution in [2.45, 2.75) is 32.8 Å². The van der Waals surface area contributed by atoms with E-state index in [4.69, 9.17) is 10.5 Å². The Morgan fingerprint density at radius 3 is 2.86 bits per heavy atom. The van der Waals surface area contributed by atoms with Gasteiger partial charge in [-0.15, -0.1) is 0 Å². The number of ether oxygens (including phenoxy) is 1. The van der Waals surface area contributed by atoms with Crippen LogP contribution in [0.4, 0.5) is 5.69 Å². The lowest BCUT2D eigenvalue weighted by Crippen LogP contribution is -2.11. The minimum absolute atomic E-state index is 0.234. The van der Waals surface area contributed by atoms with Crippen molar-refractivity contribution in [1.29, 1.82) is 0 Å². The third-order valence-electron chi connectivity index (χ3n) is 1.98. The van der Waals surface area contributed by atoms with Crippen LogP contribution in [0.15, 0.2) is 22.7 Å². The Labute approximate surface area is 93.6 Å². The summed E-state index contributed by atoms with van der Waals surface area (Å²) in [6.07, 6.45) is 2.42. The zero-order valence-corrected chi connectivity index (χ0v) is 10.2. The molecule has 14 heavy (non-hydrogen) atoms. The van der Waals surface area contributed by atoms with E-state index in [2.05, 4.69) is 29.8 Å². The Balaban J connectivity index is 2.70. The van der Waals surface area contributed by atoms with Crippen molar-refractivity contribution in [2.75, 3.05) is 5.73 Å². The molecule has 0 heterocycles. The Morgan fingerprint density at radius 2 is 2.21 bits per heavy atom. The molecule has 1 atom stereocenters. The van der Waals surface area contributed by atoms with Gasteiger partial charge in [0.15, 0.2) is 0 Å². The van der Waals surface area contributed by atoms with Crippen molar-refractivity contribution in [3.05, 3.63) is 22.7 Å². The van der Waals surface area contributed by atoms with Gasteiger partial charge < -0.3 is 10.5 Å². The first-order chi connectivity index (χ1) is 6.63. The maximum Gasteiger partial charge on any atom is 0.135 e. The van der Waals surface area contributed by atoms with Crippen LogP contribution < -0.4 is 10.5 Å². The second-order valence-electron chi connectivity index (χ2n) is 3.41. The smallest absolute Gasteiger partial charge is 0.135 e. The first kappa shape index (κ1) is 11.4. The lowest BCUT2D eigenvalue weighted by atomic mass is 10.2. The number of halogens is 1. The van der Waals surface area contributed by atoms with Crippen molar-refractivity contribution in [3.8, 4) is 5.75 Å². The first-order valence-corrected chi connectivity index (χ1v) is 5.64. The molecule has 0 bridgehead atoms. The number of nitrogens with two attached hydrogens (primary N) is 1. The SMILES string of the molecule is CCCC(C)Oc1cc(N)ccc1Br. The predicted molar refractivity (Wildman–Crippen MR) is 63.6 cm³/mol. The second kappa shape index (κ2) is 5.25. The highest BCUT2D eigenvalue weighted by atomic mass is 79.9. The third-order valence-corrected chi connectivity index (χ3v) is 2.63. The molecule has 0 spiro atoms. The van der Waals surface area contributed by atoms with E-state index in [0.29, 0.717) is 0 Å². The predicted octanol–water partition coefficient (Wildman–Crippen LogP) is 3.60. The largest absolute Gasteiger partial charge is 0.489 e. The van der Waals surface area contributed by atoms with Crippen LogP contribution in [0.2, 0.25) is 0 Å². The molecule has 1 aromatic rings. The summed E-state index contributed by atoms with van der Waals surface area (Å²) in [6.45, 7) is 4.22. The molecule has 0 aliphatic carbocycles. The fraction of sp³-hybridized carbons (Fsp3) is 0.455. The molecule has 0 aromatic heterocycles. The highest BCUT2D eigenvalue weighted by Crippen LogP contribution is 2.28. The van der Waals surface area contributed by atoms with Gasteiger partial charge in [-0.1, -0.05) is 13.3 Å². The Bertz CT molecular complexity index is 301. The molecule has 0 radical (unpaired) electrons. The fourth-order valence-electron chi connectivity index (χ4n) is 1.29. The van der Waals surface area contributed by atoms with Gasteiger partial charge in [0.2, 0.25) is 0 Å². The summed E-state index contributed by atoms with van der Waals surface area (Å²) in [5, 5.41) is 0. The van der Waals surface area contributed by atoms with Crippen molar-refractivity contribution in [3.63, 3.8) is 0 Å². The minimum atomic E-state index is 0.234. The van der Waals surface area contributed by atoms with Crippen LogP contribution in [-0.4, -0.2) is 6.10 Å². The van der Waals surface area contributed by atoms with E-state index in [0.717, 1.165) is 28.8 Å². The quantitative estimate of drug-likeness (QED) is 0.837. The summed E-state index contributed by atoms with van der Waals surface area (Å²) in [4.78, 5) is 0. The molecule has 2 N–H and O–H groups in total. The Hall–Kier alpha value is -0.700. The zero-order valence-electron chi connectivity index (χ0n) is 8.59. The molecular formula is C11H16BrNO. The highest BCUT2D eigenvalue weighted by Gasteiger charge is 2.06. The number of nitrogen functional groups attached to an aromatic ring is 1. The second-order valence-corrected chi connectivity index (χ2v) is 4.26. The van der Waals surface area contributed by atoms with Crippen molar-refractivity contribution < 1.29 is 4.74 Å². The van der Waals surface area contributed by atoms with E-state index in [-0.39, 0.29) is 6.10 Å². The van der Waals surface area contributed by atoms with Gasteiger partial charge in [-0.25, -0.2) is 0 Å². The van der Waals surface area contributed by atoms with Crippen molar-refractivity contribution in [2.24, 2.45) is 0 Å². The number of anilines is 1. The van der Waals surface area contributed by atoms with Crippen LogP contribution in [0.3, 0.4) is 0 Å². The summed E-state index contributed by atoms with van der Waals surface area (Å²) < 4.78 is 6.69. The molecule has 0 aliphatic heterocycles. The molecule has 1 rings (SSSR count). The van der Waals surface area contributed by atoms with E-state index in [1.807, 2.05) is 18.2 Å². The maximum atomic E-state index is 5.74. The molecule has 0 amide bonds. The van der Waals surface area contributed by atoms with Gasteiger partial charge in [0.05, 0.1) is 10.6 Å². The normalized spacial score (nSPS) is 12.5. The molecule has 1 aromatic carbocycles. The average Bonchev–Trinajstić information content (AvgIpc) is 2.12. The molecule has 0 aliphatic rings. The monoisotopic (exact) mass is 257 g/mol. The standard InChI is InChI=1S/C11H16BrNO/c1-3-4-8(2)14-11-7-9(13)5-6-10(11)12/h5-8H,3-4,13H2,1-2H3. The third kappa shape index (κ3) is 3.22.